The quantitative estimate of drug-likeness (QED) is 0.606. The zero-order valence-corrected chi connectivity index (χ0v) is 16.3. The summed E-state index contributed by atoms with van der Waals surface area (Å²) in [5, 5.41) is 2.68. The van der Waals surface area contributed by atoms with E-state index < -0.39 is 16.0 Å². The number of ether oxygens (including phenoxy) is 1. The minimum absolute atomic E-state index is 0.0711. The van der Waals surface area contributed by atoms with Crippen LogP contribution in [0.25, 0.3) is 0 Å². The second-order valence-corrected chi connectivity index (χ2v) is 7.70. The number of para-hydroxylation sites is 1. The van der Waals surface area contributed by atoms with Gasteiger partial charge in [-0.05, 0) is 60.7 Å². The lowest BCUT2D eigenvalue weighted by Gasteiger charge is -2.09. The van der Waals surface area contributed by atoms with Crippen LogP contribution in [-0.4, -0.2) is 27.4 Å². The van der Waals surface area contributed by atoms with Crippen molar-refractivity contribution in [1.29, 1.82) is 0 Å². The third-order valence-corrected chi connectivity index (χ3v) is 5.41. The molecule has 3 aromatic carbocycles. The summed E-state index contributed by atoms with van der Waals surface area (Å²) < 4.78 is 32.0. The van der Waals surface area contributed by atoms with Gasteiger partial charge in [-0.25, -0.2) is 13.2 Å². The van der Waals surface area contributed by atoms with E-state index in [0.29, 0.717) is 22.5 Å². The molecule has 0 aliphatic heterocycles. The highest BCUT2D eigenvalue weighted by atomic mass is 32.2. The van der Waals surface area contributed by atoms with E-state index in [1.54, 1.807) is 30.3 Å². The molecular weight excluding hydrogens is 392 g/mol. The molecule has 0 saturated carbocycles. The minimum atomic E-state index is -3.73. The SMILES string of the molecule is COC(=O)c1ccc(C(=O)Nc2ccc(S(=O)(=O)Nc3ccccc3)cc2)cc1. The van der Waals surface area contributed by atoms with Crippen LogP contribution in [0.3, 0.4) is 0 Å². The van der Waals surface area contributed by atoms with Crippen molar-refractivity contribution in [2.45, 2.75) is 4.90 Å². The molecule has 0 radical (unpaired) electrons. The molecular formula is C21H18N2O5S. The van der Waals surface area contributed by atoms with E-state index in [-0.39, 0.29) is 10.8 Å². The highest BCUT2D eigenvalue weighted by Gasteiger charge is 2.15. The summed E-state index contributed by atoms with van der Waals surface area (Å²) in [5.74, 6) is -0.877. The summed E-state index contributed by atoms with van der Waals surface area (Å²) in [7, 11) is -2.45. The molecule has 0 aromatic heterocycles. The van der Waals surface area contributed by atoms with Gasteiger partial charge in [0.15, 0.2) is 0 Å². The number of hydrogen-bond donors (Lipinski definition) is 2. The Morgan fingerprint density at radius 3 is 1.93 bits per heavy atom. The van der Waals surface area contributed by atoms with Crippen LogP contribution in [0, 0.1) is 0 Å². The molecule has 0 bridgehead atoms. The topological polar surface area (TPSA) is 102 Å². The van der Waals surface area contributed by atoms with Crippen molar-refractivity contribution < 1.29 is 22.7 Å². The molecule has 0 spiro atoms. The molecule has 0 saturated heterocycles. The Kier molecular flexibility index (Phi) is 5.94. The van der Waals surface area contributed by atoms with Crippen LogP contribution in [0.4, 0.5) is 11.4 Å². The van der Waals surface area contributed by atoms with Crippen LogP contribution in [0.1, 0.15) is 20.7 Å². The van der Waals surface area contributed by atoms with Crippen molar-refractivity contribution in [1.82, 2.24) is 0 Å². The molecule has 2 N–H and O–H groups in total. The van der Waals surface area contributed by atoms with Crippen LogP contribution in [0.15, 0.2) is 83.8 Å². The number of amides is 1. The first kappa shape index (κ1) is 20.1. The van der Waals surface area contributed by atoms with Gasteiger partial charge in [-0.15, -0.1) is 0 Å². The van der Waals surface area contributed by atoms with Gasteiger partial charge in [0.1, 0.15) is 0 Å². The molecule has 0 aliphatic rings. The van der Waals surface area contributed by atoms with Crippen molar-refractivity contribution >= 4 is 33.3 Å². The molecule has 0 unspecified atom stereocenters. The first-order valence-corrected chi connectivity index (χ1v) is 10.0. The maximum absolute atomic E-state index is 12.4. The molecule has 148 valence electrons. The summed E-state index contributed by atoms with van der Waals surface area (Å²) in [5.41, 5.74) is 1.58. The molecule has 7 nitrogen and oxygen atoms in total. The van der Waals surface area contributed by atoms with Crippen molar-refractivity contribution in [3.63, 3.8) is 0 Å². The molecule has 0 fully saturated rings. The zero-order chi connectivity index (χ0) is 20.9. The number of hydrogen-bond acceptors (Lipinski definition) is 5. The van der Waals surface area contributed by atoms with Gasteiger partial charge >= 0.3 is 5.97 Å². The maximum atomic E-state index is 12.4. The average Bonchev–Trinajstić information content (AvgIpc) is 2.74. The summed E-state index contributed by atoms with van der Waals surface area (Å²) in [6.45, 7) is 0. The lowest BCUT2D eigenvalue weighted by Crippen LogP contribution is -2.14. The van der Waals surface area contributed by atoms with Crippen LogP contribution in [0.2, 0.25) is 0 Å². The Morgan fingerprint density at radius 1 is 0.759 bits per heavy atom. The Morgan fingerprint density at radius 2 is 1.34 bits per heavy atom. The lowest BCUT2D eigenvalue weighted by atomic mass is 10.1. The van der Waals surface area contributed by atoms with Gasteiger partial charge in [-0.3, -0.25) is 9.52 Å². The zero-order valence-electron chi connectivity index (χ0n) is 15.5. The van der Waals surface area contributed by atoms with Gasteiger partial charge < -0.3 is 10.1 Å². The second kappa shape index (κ2) is 8.57. The van der Waals surface area contributed by atoms with Crippen molar-refractivity contribution in [2.75, 3.05) is 17.1 Å². The number of rotatable bonds is 6. The molecule has 3 aromatic rings. The Hall–Kier alpha value is -3.65. The molecule has 0 atom stereocenters. The number of nitrogens with one attached hydrogen (secondary N) is 2. The molecule has 0 heterocycles. The first-order valence-electron chi connectivity index (χ1n) is 8.57. The standard InChI is InChI=1S/C21H18N2O5S/c1-28-21(25)16-9-7-15(8-10-16)20(24)22-17-11-13-19(14-12-17)29(26,27)23-18-5-3-2-4-6-18/h2-14,23H,1H3,(H,22,24). The molecule has 0 aliphatic carbocycles. The highest BCUT2D eigenvalue weighted by Crippen LogP contribution is 2.18. The molecule has 8 heteroatoms. The smallest absolute Gasteiger partial charge is 0.337 e. The Balaban J connectivity index is 1.68. The summed E-state index contributed by atoms with van der Waals surface area (Å²) in [6, 6.07) is 20.4. The molecule has 3 rings (SSSR count). The van der Waals surface area contributed by atoms with Crippen LogP contribution in [-0.2, 0) is 14.8 Å². The summed E-state index contributed by atoms with van der Waals surface area (Å²) in [4.78, 5) is 23.8. The fraction of sp³-hybridized carbons (Fsp3) is 0.0476. The summed E-state index contributed by atoms with van der Waals surface area (Å²) >= 11 is 0. The number of carbonyl (C=O) groups excluding carboxylic acids is 2. The average molecular weight is 410 g/mol. The van der Waals surface area contributed by atoms with Gasteiger partial charge in [0.2, 0.25) is 0 Å². The van der Waals surface area contributed by atoms with E-state index in [2.05, 4.69) is 14.8 Å². The van der Waals surface area contributed by atoms with Gasteiger partial charge in [0.05, 0.1) is 17.6 Å². The number of esters is 1. The fourth-order valence-electron chi connectivity index (χ4n) is 2.52. The normalized spacial score (nSPS) is 10.8. The highest BCUT2D eigenvalue weighted by molar-refractivity contribution is 7.92. The Labute approximate surface area is 168 Å². The number of methoxy groups -OCH3 is 1. The predicted octanol–water partition coefficient (Wildman–Crippen LogP) is 3.53. The molecule has 29 heavy (non-hydrogen) atoms. The minimum Gasteiger partial charge on any atom is -0.465 e. The van der Waals surface area contributed by atoms with E-state index in [1.165, 1.54) is 55.6 Å². The number of benzene rings is 3. The van der Waals surface area contributed by atoms with Crippen molar-refractivity contribution in [3.8, 4) is 0 Å². The van der Waals surface area contributed by atoms with E-state index in [0.717, 1.165) is 0 Å². The van der Waals surface area contributed by atoms with E-state index >= 15 is 0 Å². The Bertz CT molecular complexity index is 1110. The van der Waals surface area contributed by atoms with Crippen LogP contribution in [0.5, 0.6) is 0 Å². The number of carbonyl (C=O) groups is 2. The largest absolute Gasteiger partial charge is 0.465 e. The van der Waals surface area contributed by atoms with Crippen molar-refractivity contribution in [3.05, 3.63) is 90.0 Å². The lowest BCUT2D eigenvalue weighted by molar-refractivity contribution is 0.0600. The predicted molar refractivity (Wildman–Crippen MR) is 109 cm³/mol. The van der Waals surface area contributed by atoms with Gasteiger partial charge in [-0.2, -0.15) is 0 Å². The van der Waals surface area contributed by atoms with Crippen molar-refractivity contribution in [2.24, 2.45) is 0 Å². The second-order valence-electron chi connectivity index (χ2n) is 6.02. The van der Waals surface area contributed by atoms with E-state index in [4.69, 9.17) is 0 Å². The number of sulfonamides is 1. The van der Waals surface area contributed by atoms with E-state index in [1.807, 2.05) is 0 Å². The van der Waals surface area contributed by atoms with Gasteiger partial charge in [0, 0.05) is 16.9 Å². The van der Waals surface area contributed by atoms with Gasteiger partial charge in [0.25, 0.3) is 15.9 Å². The summed E-state index contributed by atoms with van der Waals surface area (Å²) in [6.07, 6.45) is 0. The number of anilines is 2. The van der Waals surface area contributed by atoms with Crippen LogP contribution < -0.4 is 10.0 Å². The first-order chi connectivity index (χ1) is 13.9. The third-order valence-electron chi connectivity index (χ3n) is 4.02. The molecule has 1 amide bonds. The van der Waals surface area contributed by atoms with E-state index in [9.17, 15) is 18.0 Å². The fourth-order valence-corrected chi connectivity index (χ4v) is 3.58. The monoisotopic (exact) mass is 410 g/mol. The van der Waals surface area contributed by atoms with Gasteiger partial charge in [-0.1, -0.05) is 18.2 Å². The third kappa shape index (κ3) is 4.99. The maximum Gasteiger partial charge on any atom is 0.337 e. The van der Waals surface area contributed by atoms with Crippen LogP contribution >= 0.6 is 0 Å².